The second-order valence-electron chi connectivity index (χ2n) is 16.9. The predicted octanol–water partition coefficient (Wildman–Crippen LogP) is 8.50. The van der Waals surface area contributed by atoms with E-state index in [1.54, 1.807) is 0 Å². The second-order valence-corrected chi connectivity index (χ2v) is 16.9. The number of hydrogen-bond donors (Lipinski definition) is 2. The topological polar surface area (TPSA) is 93.9 Å². The first kappa shape index (κ1) is 38.2. The van der Waals surface area contributed by atoms with Crippen LogP contribution in [0.25, 0.3) is 56.4 Å². The fraction of sp³-hybridized carbons (Fsp3) is 0. The van der Waals surface area contributed by atoms with Crippen molar-refractivity contribution in [3.05, 3.63) is 218 Å². The number of rotatable bonds is 7. The van der Waals surface area contributed by atoms with Crippen LogP contribution in [0.1, 0.15) is 0 Å². The molecule has 6 nitrogen and oxygen atoms in total. The standard InChI is InChI=1S/C57H40B2N6/c60-46-27-21-37(22-28-46)41-25-31-52-48(33-41)58(44-17-9-3-10-18-44)50-35-43(57-63-55(39-13-5-1-6-14-39)62-56(64-57)40-15-7-2-8-16-40)36-51-54(50)65(52)53-32-26-42(38-23-29-47(61)30-24-38)34-49(53)59(51)45-19-11-4-12-20-45/h1-36H,60-61H2. The van der Waals surface area contributed by atoms with E-state index in [0.29, 0.717) is 17.5 Å². The maximum absolute atomic E-state index is 6.20. The van der Waals surface area contributed by atoms with Crippen molar-refractivity contribution in [2.45, 2.75) is 0 Å². The van der Waals surface area contributed by atoms with Gasteiger partial charge in [-0.2, -0.15) is 0 Å². The smallest absolute Gasteiger partial charge is 0.246 e. The highest BCUT2D eigenvalue weighted by molar-refractivity contribution is 7.02. The van der Waals surface area contributed by atoms with Crippen LogP contribution in [0.3, 0.4) is 0 Å². The molecular formula is C57H40B2N6. The molecule has 3 heterocycles. The van der Waals surface area contributed by atoms with E-state index in [0.717, 1.165) is 61.7 Å². The van der Waals surface area contributed by atoms with Crippen LogP contribution >= 0.6 is 0 Å². The highest BCUT2D eigenvalue weighted by Gasteiger charge is 2.44. The Kier molecular flexibility index (Phi) is 9.23. The first-order valence-corrected chi connectivity index (χ1v) is 22.0. The monoisotopic (exact) mass is 830 g/mol. The fourth-order valence-electron chi connectivity index (χ4n) is 9.85. The van der Waals surface area contributed by atoms with Crippen LogP contribution < -0.4 is 49.1 Å². The number of benzene rings is 9. The highest BCUT2D eigenvalue weighted by atomic mass is 15.2. The number of nitrogen functional groups attached to an aromatic ring is 2. The third-order valence-electron chi connectivity index (χ3n) is 12.9. The second kappa shape index (κ2) is 15.7. The van der Waals surface area contributed by atoms with Crippen LogP contribution in [0.4, 0.5) is 28.4 Å². The van der Waals surface area contributed by atoms with Crippen LogP contribution in [0.15, 0.2) is 218 Å². The van der Waals surface area contributed by atoms with Gasteiger partial charge < -0.3 is 16.4 Å². The van der Waals surface area contributed by atoms with Crippen LogP contribution in [0, 0.1) is 0 Å². The average molecular weight is 831 g/mol. The van der Waals surface area contributed by atoms with Crippen molar-refractivity contribution in [1.82, 2.24) is 15.0 Å². The molecule has 0 amide bonds. The average Bonchev–Trinajstić information content (AvgIpc) is 3.37. The van der Waals surface area contributed by atoms with E-state index in [2.05, 4.69) is 163 Å². The number of aromatic nitrogens is 3. The minimum Gasteiger partial charge on any atom is -0.399 e. The lowest BCUT2D eigenvalue weighted by molar-refractivity contribution is 1.07. The molecule has 1 aromatic heterocycles. The zero-order chi connectivity index (χ0) is 43.4. The van der Waals surface area contributed by atoms with Crippen molar-refractivity contribution < 1.29 is 0 Å². The van der Waals surface area contributed by atoms with Gasteiger partial charge in [-0.3, -0.25) is 0 Å². The van der Waals surface area contributed by atoms with Crippen molar-refractivity contribution >= 4 is 74.6 Å². The molecule has 0 fully saturated rings. The van der Waals surface area contributed by atoms with Crippen molar-refractivity contribution in [2.75, 3.05) is 16.4 Å². The molecule has 8 heteroatoms. The summed E-state index contributed by atoms with van der Waals surface area (Å²) < 4.78 is 0. The molecule has 2 aliphatic heterocycles. The third kappa shape index (κ3) is 6.75. The zero-order valence-corrected chi connectivity index (χ0v) is 35.4. The van der Waals surface area contributed by atoms with Gasteiger partial charge in [-0.25, -0.2) is 15.0 Å². The van der Waals surface area contributed by atoms with Crippen LogP contribution in [0.5, 0.6) is 0 Å². The van der Waals surface area contributed by atoms with E-state index < -0.39 is 0 Å². The number of fused-ring (bicyclic) bond motifs is 4. The molecule has 0 unspecified atom stereocenters. The number of anilines is 5. The molecule has 0 spiro atoms. The van der Waals surface area contributed by atoms with E-state index in [1.165, 1.54) is 38.5 Å². The van der Waals surface area contributed by atoms with Crippen LogP contribution in [-0.2, 0) is 0 Å². The molecule has 304 valence electrons. The summed E-state index contributed by atoms with van der Waals surface area (Å²) in [6.45, 7) is -0.248. The first-order chi connectivity index (χ1) is 32.0. The maximum Gasteiger partial charge on any atom is 0.246 e. The molecule has 0 aliphatic carbocycles. The minimum absolute atomic E-state index is 0.124. The molecule has 12 rings (SSSR count). The van der Waals surface area contributed by atoms with Gasteiger partial charge in [0.2, 0.25) is 13.4 Å². The predicted molar refractivity (Wildman–Crippen MR) is 273 cm³/mol. The lowest BCUT2D eigenvalue weighted by Gasteiger charge is -2.44. The van der Waals surface area contributed by atoms with E-state index in [4.69, 9.17) is 26.4 Å². The third-order valence-corrected chi connectivity index (χ3v) is 12.9. The minimum atomic E-state index is -0.124. The van der Waals surface area contributed by atoms with Gasteiger partial charge in [-0.15, -0.1) is 0 Å². The summed E-state index contributed by atoms with van der Waals surface area (Å²) in [5.41, 5.74) is 31.8. The summed E-state index contributed by atoms with van der Waals surface area (Å²) in [6, 6.07) is 77.1. The highest BCUT2D eigenvalue weighted by Crippen LogP contribution is 2.41. The van der Waals surface area contributed by atoms with Gasteiger partial charge in [0.25, 0.3) is 0 Å². The van der Waals surface area contributed by atoms with Gasteiger partial charge in [0.15, 0.2) is 17.5 Å². The molecule has 4 N–H and O–H groups in total. The zero-order valence-electron chi connectivity index (χ0n) is 35.4. The van der Waals surface area contributed by atoms with E-state index in [1.807, 2.05) is 60.7 Å². The van der Waals surface area contributed by atoms with Crippen molar-refractivity contribution in [3.8, 4) is 56.4 Å². The summed E-state index contributed by atoms with van der Waals surface area (Å²) >= 11 is 0. The van der Waals surface area contributed by atoms with E-state index in [-0.39, 0.29) is 13.4 Å². The maximum atomic E-state index is 6.20. The summed E-state index contributed by atoms with van der Waals surface area (Å²) in [4.78, 5) is 18.2. The van der Waals surface area contributed by atoms with Gasteiger partial charge >= 0.3 is 0 Å². The Morgan fingerprint density at radius 2 is 0.646 bits per heavy atom. The summed E-state index contributed by atoms with van der Waals surface area (Å²) in [6.07, 6.45) is 0. The number of nitrogens with zero attached hydrogens (tertiary/aromatic N) is 4. The summed E-state index contributed by atoms with van der Waals surface area (Å²) in [5.74, 6) is 1.86. The molecule has 0 atom stereocenters. The van der Waals surface area contributed by atoms with Crippen molar-refractivity contribution in [1.29, 1.82) is 0 Å². The SMILES string of the molecule is Nc1ccc(-c2ccc3c(c2)B(c2ccccc2)c2cc(-c4nc(-c5ccccc5)nc(-c5ccccc5)n4)cc4c2N3c2ccc(-c3ccc(N)cc3)cc2B4c2ccccc2)cc1. The fourth-order valence-corrected chi connectivity index (χ4v) is 9.85. The molecule has 0 radical (unpaired) electrons. The first-order valence-electron chi connectivity index (χ1n) is 22.0. The van der Waals surface area contributed by atoms with Gasteiger partial charge in [-0.1, -0.05) is 193 Å². The molecule has 10 aromatic rings. The number of nitrogens with two attached hydrogens (primary N) is 2. The van der Waals surface area contributed by atoms with Crippen LogP contribution in [-0.4, -0.2) is 28.4 Å². The summed E-state index contributed by atoms with van der Waals surface area (Å²) in [7, 11) is 0. The lowest BCUT2D eigenvalue weighted by atomic mass is 9.30. The number of hydrogen-bond acceptors (Lipinski definition) is 6. The molecule has 2 aliphatic rings. The normalized spacial score (nSPS) is 12.3. The van der Waals surface area contributed by atoms with Gasteiger partial charge in [0.1, 0.15) is 0 Å². The Bertz CT molecular complexity index is 3170. The Balaban J connectivity index is 1.18. The quantitative estimate of drug-likeness (QED) is 0.124. The van der Waals surface area contributed by atoms with E-state index in [9.17, 15) is 0 Å². The Labute approximate surface area is 379 Å². The van der Waals surface area contributed by atoms with Crippen LogP contribution in [0.2, 0.25) is 0 Å². The Morgan fingerprint density at radius 3 is 1.05 bits per heavy atom. The largest absolute Gasteiger partial charge is 0.399 e. The van der Waals surface area contributed by atoms with Crippen molar-refractivity contribution in [3.63, 3.8) is 0 Å². The van der Waals surface area contributed by atoms with Gasteiger partial charge in [0.05, 0.1) is 0 Å². The Hall–Kier alpha value is -8.48. The molecule has 65 heavy (non-hydrogen) atoms. The summed E-state index contributed by atoms with van der Waals surface area (Å²) in [5, 5.41) is 0. The molecule has 0 bridgehead atoms. The van der Waals surface area contributed by atoms with Gasteiger partial charge in [-0.05, 0) is 80.5 Å². The molecule has 0 saturated heterocycles. The molecular weight excluding hydrogens is 790 g/mol. The van der Waals surface area contributed by atoms with Gasteiger partial charge in [0, 0.05) is 45.1 Å². The molecule has 9 aromatic carbocycles. The van der Waals surface area contributed by atoms with Crippen molar-refractivity contribution in [2.24, 2.45) is 0 Å². The Morgan fingerprint density at radius 1 is 0.308 bits per heavy atom. The molecule has 0 saturated carbocycles. The lowest BCUT2D eigenvalue weighted by Crippen LogP contribution is -2.65. The van der Waals surface area contributed by atoms with E-state index >= 15 is 0 Å².